The summed E-state index contributed by atoms with van der Waals surface area (Å²) in [6.45, 7) is 14.1. The molecule has 0 nitrogen and oxygen atoms in total. The molecule has 0 aliphatic rings. The van der Waals surface area contributed by atoms with Crippen LogP contribution in [0.4, 0.5) is 0 Å². The van der Waals surface area contributed by atoms with Gasteiger partial charge < -0.3 is 0 Å². The predicted molar refractivity (Wildman–Crippen MR) is 477 cm³/mol. The van der Waals surface area contributed by atoms with Gasteiger partial charge >= 0.3 is 0 Å². The van der Waals surface area contributed by atoms with Crippen molar-refractivity contribution >= 4 is 0 Å². The average molecular weight is 1450 g/mol. The van der Waals surface area contributed by atoms with Gasteiger partial charge in [-0.1, -0.05) is 639 Å². The number of unbranched alkanes of at least 4 members (excludes halogenated alkanes) is 72. The molecule has 0 spiro atoms. The Labute approximate surface area is 658 Å². The zero-order chi connectivity index (χ0) is 74.1. The molecular formula is C103H208. The molecule has 0 heterocycles. The van der Waals surface area contributed by atoms with Crippen LogP contribution in [-0.2, 0) is 0 Å². The Kier molecular flexibility index (Phi) is 94.4. The van der Waals surface area contributed by atoms with Crippen molar-refractivity contribution in [2.24, 2.45) is 23.7 Å². The Morgan fingerprint density at radius 2 is 0.136 bits per heavy atom. The van der Waals surface area contributed by atoms with Crippen molar-refractivity contribution in [3.63, 3.8) is 0 Å². The second kappa shape index (κ2) is 94.4. The first-order valence-corrected chi connectivity index (χ1v) is 51.1. The molecule has 4 unspecified atom stereocenters. The third-order valence-electron chi connectivity index (χ3n) is 26.0. The van der Waals surface area contributed by atoms with E-state index in [0.29, 0.717) is 0 Å². The summed E-state index contributed by atoms with van der Waals surface area (Å²) < 4.78 is 0. The quantitative estimate of drug-likeness (QED) is 0.0533. The van der Waals surface area contributed by atoms with Gasteiger partial charge in [-0.15, -0.1) is 0 Å². The van der Waals surface area contributed by atoms with Crippen LogP contribution >= 0.6 is 0 Å². The molecule has 0 aromatic carbocycles. The third-order valence-corrected chi connectivity index (χ3v) is 26.0. The largest absolute Gasteiger partial charge is 0.0654 e. The lowest BCUT2D eigenvalue weighted by atomic mass is 9.86. The standard InChI is InChI=1S/C103H208/c1-7-13-19-24-28-31-34-36-50-53-57-63-68-74-81-93-102(91-78-70-27-22-16-10-4)98-86-87-99-103(94-82-73-66-61-56-35-32-29-25-20-14-8-2)95-83-75-69-64-59-55-52-49-47-45-43-41-39-37-38-40-42-44-46-48-51-54-58-62-67-72-80-92-101(89-77-23-17-11-5)97-85-84-96-100(88-76-18-12-6)90-79-71-65-60-33-30-26-21-15-9-3/h100-103H,7-99H2,1-6H3. The van der Waals surface area contributed by atoms with Gasteiger partial charge in [0, 0.05) is 0 Å². The molecule has 0 fully saturated rings. The molecule has 0 aliphatic heterocycles. The molecule has 0 heteroatoms. The van der Waals surface area contributed by atoms with Gasteiger partial charge in [0.1, 0.15) is 0 Å². The summed E-state index contributed by atoms with van der Waals surface area (Å²) >= 11 is 0. The minimum atomic E-state index is 1.01. The van der Waals surface area contributed by atoms with E-state index in [2.05, 4.69) is 41.5 Å². The fourth-order valence-electron chi connectivity index (χ4n) is 18.5. The monoisotopic (exact) mass is 1450 g/mol. The van der Waals surface area contributed by atoms with Crippen LogP contribution in [0.1, 0.15) is 639 Å². The van der Waals surface area contributed by atoms with E-state index in [0.717, 1.165) is 23.7 Å². The highest BCUT2D eigenvalue weighted by Gasteiger charge is 2.15. The van der Waals surface area contributed by atoms with Gasteiger partial charge in [0.15, 0.2) is 0 Å². The molecular weight excluding hydrogens is 1240 g/mol. The molecule has 0 aliphatic carbocycles. The van der Waals surface area contributed by atoms with Crippen LogP contribution in [0.25, 0.3) is 0 Å². The number of hydrogen-bond acceptors (Lipinski definition) is 0. The molecule has 4 atom stereocenters. The fourth-order valence-corrected chi connectivity index (χ4v) is 18.5. The van der Waals surface area contributed by atoms with Crippen molar-refractivity contribution in [2.75, 3.05) is 0 Å². The highest BCUT2D eigenvalue weighted by molar-refractivity contribution is 4.69. The van der Waals surface area contributed by atoms with Gasteiger partial charge in [0.2, 0.25) is 0 Å². The Morgan fingerprint density at radius 1 is 0.0777 bits per heavy atom. The maximum atomic E-state index is 2.39. The van der Waals surface area contributed by atoms with Crippen LogP contribution in [0.3, 0.4) is 0 Å². The van der Waals surface area contributed by atoms with Crippen LogP contribution in [0.2, 0.25) is 0 Å². The first-order chi connectivity index (χ1) is 51.1. The lowest BCUT2D eigenvalue weighted by Gasteiger charge is -2.20. The van der Waals surface area contributed by atoms with Crippen LogP contribution < -0.4 is 0 Å². The molecule has 0 radical (unpaired) electrons. The van der Waals surface area contributed by atoms with Gasteiger partial charge in [-0.05, 0) is 23.7 Å². The van der Waals surface area contributed by atoms with Gasteiger partial charge in [0.25, 0.3) is 0 Å². The lowest BCUT2D eigenvalue weighted by molar-refractivity contribution is 0.337. The minimum Gasteiger partial charge on any atom is -0.0654 e. The van der Waals surface area contributed by atoms with E-state index in [1.807, 2.05) is 0 Å². The summed E-state index contributed by atoms with van der Waals surface area (Å²) in [5.74, 6) is 4.07. The second-order valence-electron chi connectivity index (χ2n) is 36.4. The van der Waals surface area contributed by atoms with Gasteiger partial charge in [-0.25, -0.2) is 0 Å². The molecule has 0 saturated heterocycles. The molecule has 620 valence electrons. The van der Waals surface area contributed by atoms with Crippen LogP contribution in [0.5, 0.6) is 0 Å². The molecule has 0 rings (SSSR count). The molecule has 0 N–H and O–H groups in total. The third kappa shape index (κ3) is 87.4. The second-order valence-corrected chi connectivity index (χ2v) is 36.4. The summed E-state index contributed by atoms with van der Waals surface area (Å²) in [6, 6.07) is 0. The topological polar surface area (TPSA) is 0 Å². The van der Waals surface area contributed by atoms with Gasteiger partial charge in [-0.2, -0.15) is 0 Å². The Hall–Kier alpha value is 0. The summed E-state index contributed by atoms with van der Waals surface area (Å²) in [5.41, 5.74) is 0. The first kappa shape index (κ1) is 103. The average Bonchev–Trinajstić information content (AvgIpc) is 1.78. The molecule has 103 heavy (non-hydrogen) atoms. The highest BCUT2D eigenvalue weighted by Crippen LogP contribution is 2.32. The van der Waals surface area contributed by atoms with Crippen molar-refractivity contribution in [1.29, 1.82) is 0 Å². The molecule has 0 aromatic heterocycles. The van der Waals surface area contributed by atoms with Crippen LogP contribution in [-0.4, -0.2) is 0 Å². The van der Waals surface area contributed by atoms with Crippen molar-refractivity contribution in [3.8, 4) is 0 Å². The van der Waals surface area contributed by atoms with E-state index < -0.39 is 0 Å². The SMILES string of the molecule is CCCCCCCCCCCCCCCCCC(CCCCCCCC)CCCCC(CCCCCCCCCCCCCC)CCCCCCCCCCCCCCCCCCCCCCCCCCCCCC(CCCCCC)CCCCC(CCCCC)CCCCCCCCCCCC. The summed E-state index contributed by atoms with van der Waals surface area (Å²) in [7, 11) is 0. The maximum Gasteiger partial charge on any atom is -0.0414 e. The van der Waals surface area contributed by atoms with Crippen LogP contribution in [0.15, 0.2) is 0 Å². The Bertz CT molecular complexity index is 1410. The highest BCUT2D eigenvalue weighted by atomic mass is 14.2. The van der Waals surface area contributed by atoms with E-state index in [-0.39, 0.29) is 0 Å². The van der Waals surface area contributed by atoms with Crippen molar-refractivity contribution < 1.29 is 0 Å². The number of hydrogen-bond donors (Lipinski definition) is 0. The van der Waals surface area contributed by atoms with E-state index in [9.17, 15) is 0 Å². The van der Waals surface area contributed by atoms with E-state index in [1.165, 1.54) is 584 Å². The van der Waals surface area contributed by atoms with Crippen molar-refractivity contribution in [2.45, 2.75) is 639 Å². The number of rotatable bonds is 96. The lowest BCUT2D eigenvalue weighted by Crippen LogP contribution is -2.04. The summed E-state index contributed by atoms with van der Waals surface area (Å²) in [5, 5.41) is 0. The Balaban J connectivity index is 4.24. The first-order valence-electron chi connectivity index (χ1n) is 51.1. The van der Waals surface area contributed by atoms with E-state index in [4.69, 9.17) is 0 Å². The van der Waals surface area contributed by atoms with E-state index >= 15 is 0 Å². The normalized spacial score (nSPS) is 13.1. The zero-order valence-electron chi connectivity index (χ0n) is 74.1. The molecule has 0 amide bonds. The van der Waals surface area contributed by atoms with Gasteiger partial charge in [-0.3, -0.25) is 0 Å². The molecule has 0 saturated carbocycles. The van der Waals surface area contributed by atoms with Crippen LogP contribution in [0, 0.1) is 23.7 Å². The summed E-state index contributed by atoms with van der Waals surface area (Å²) in [6.07, 6.45) is 139. The molecule has 0 bridgehead atoms. The maximum absolute atomic E-state index is 2.39. The van der Waals surface area contributed by atoms with E-state index in [1.54, 1.807) is 12.8 Å². The minimum absolute atomic E-state index is 1.01. The molecule has 0 aromatic rings. The zero-order valence-corrected chi connectivity index (χ0v) is 74.1. The fraction of sp³-hybridized carbons (Fsp3) is 1.00. The Morgan fingerprint density at radius 3 is 0.243 bits per heavy atom. The van der Waals surface area contributed by atoms with Crippen molar-refractivity contribution in [3.05, 3.63) is 0 Å². The van der Waals surface area contributed by atoms with Gasteiger partial charge in [0.05, 0.1) is 0 Å². The predicted octanol–water partition coefficient (Wildman–Crippen LogP) is 39.8. The van der Waals surface area contributed by atoms with Crippen molar-refractivity contribution in [1.82, 2.24) is 0 Å². The summed E-state index contributed by atoms with van der Waals surface area (Å²) in [4.78, 5) is 0. The smallest absolute Gasteiger partial charge is 0.0414 e.